The van der Waals surface area contributed by atoms with E-state index in [1.807, 2.05) is 0 Å². The van der Waals surface area contributed by atoms with Gasteiger partial charge in [-0.15, -0.1) is 0 Å². The number of rotatable bonds is 0. The van der Waals surface area contributed by atoms with E-state index in [1.165, 1.54) is 0 Å². The Balaban J connectivity index is -0.0000000133. The maximum Gasteiger partial charge on any atom is 2.00 e. The Morgan fingerprint density at radius 2 is 0.889 bits per heavy atom. The molecule has 0 amide bonds. The average molecular weight is 244 g/mol. The summed E-state index contributed by atoms with van der Waals surface area (Å²) in [6.45, 7) is 0. The van der Waals surface area contributed by atoms with Crippen LogP contribution in [-0.4, -0.2) is 17.5 Å². The van der Waals surface area contributed by atoms with E-state index in [0.717, 1.165) is 0 Å². The van der Waals surface area contributed by atoms with Gasteiger partial charge in [0.2, 0.25) is 0 Å². The van der Waals surface area contributed by atoms with Gasteiger partial charge < -0.3 is 24.0 Å². The molecule has 0 heterocycles. The van der Waals surface area contributed by atoms with Crippen molar-refractivity contribution in [2.45, 2.75) is 0 Å². The van der Waals surface area contributed by atoms with Gasteiger partial charge in [-0.1, -0.05) is 0 Å². The Bertz CT molecular complexity index is 99.7. The molecule has 7 heteroatoms. The minimum atomic E-state index is -5.17. The second kappa shape index (κ2) is 11.6. The summed E-state index contributed by atoms with van der Waals surface area (Å²) < 4.78 is 34.1. The molecule has 9 heavy (non-hydrogen) atoms. The first-order valence-electron chi connectivity index (χ1n) is 0.667. The molecule has 0 rings (SSSR count). The molecular formula is C2H6Ni2O4S. The topological polar surface area (TPSA) is 80.3 Å². The summed E-state index contributed by atoms with van der Waals surface area (Å²) in [4.78, 5) is 0. The van der Waals surface area contributed by atoms with Crippen molar-refractivity contribution >= 4 is 10.4 Å². The first-order valence-corrected chi connectivity index (χ1v) is 2.00. The van der Waals surface area contributed by atoms with Crippen LogP contribution >= 0.6 is 0 Å². The average Bonchev–Trinajstić information content (AvgIpc) is 0.722. The SMILES string of the molecule is O=S(=O)([O-])[O-].[CH3-].[CH3-].[Ni+2].[Ni+2]. The maximum atomic E-state index is 8.52. The van der Waals surface area contributed by atoms with E-state index in [2.05, 4.69) is 0 Å². The van der Waals surface area contributed by atoms with E-state index < -0.39 is 10.4 Å². The first-order chi connectivity index (χ1) is 2.00. The molecule has 0 spiro atoms. The monoisotopic (exact) mass is 242 g/mol. The Kier molecular flexibility index (Phi) is 42.4. The van der Waals surface area contributed by atoms with Gasteiger partial charge in [0.15, 0.2) is 0 Å². The molecule has 0 saturated heterocycles. The van der Waals surface area contributed by atoms with Crippen molar-refractivity contribution in [3.8, 4) is 0 Å². The molecule has 4 nitrogen and oxygen atoms in total. The van der Waals surface area contributed by atoms with Crippen molar-refractivity contribution in [3.05, 3.63) is 14.9 Å². The van der Waals surface area contributed by atoms with Crippen LogP contribution in [0.5, 0.6) is 0 Å². The smallest absolute Gasteiger partial charge is 0.759 e. The molecule has 0 aliphatic rings. The summed E-state index contributed by atoms with van der Waals surface area (Å²) >= 11 is 0. The molecule has 0 unspecified atom stereocenters. The van der Waals surface area contributed by atoms with Crippen LogP contribution in [0.4, 0.5) is 0 Å². The number of hydrogen-bond acceptors (Lipinski definition) is 4. The molecule has 0 N–H and O–H groups in total. The molecule has 0 aliphatic carbocycles. The molecule has 0 aromatic rings. The van der Waals surface area contributed by atoms with Crippen molar-refractivity contribution in [1.82, 2.24) is 0 Å². The third-order valence-electron chi connectivity index (χ3n) is 0. The van der Waals surface area contributed by atoms with Crippen LogP contribution in [-0.2, 0) is 43.4 Å². The standard InChI is InChI=1S/2CH3.2Ni.H2O4S/c;;;;1-5(2,3)4/h2*1H3;;;(H2,1,2,3,4)/q2*-1;2*+2;/p-2. The van der Waals surface area contributed by atoms with Crippen LogP contribution in [0.3, 0.4) is 0 Å². The van der Waals surface area contributed by atoms with E-state index in [9.17, 15) is 0 Å². The molecule has 0 aromatic heterocycles. The van der Waals surface area contributed by atoms with Gasteiger partial charge in [-0.2, -0.15) is 0 Å². The normalized spacial score (nSPS) is 6.44. The van der Waals surface area contributed by atoms with Crippen molar-refractivity contribution in [2.75, 3.05) is 0 Å². The zero-order valence-electron chi connectivity index (χ0n) is 4.67. The minimum Gasteiger partial charge on any atom is -0.759 e. The molecule has 64 valence electrons. The fourth-order valence-electron chi connectivity index (χ4n) is 0. The van der Waals surface area contributed by atoms with Gasteiger partial charge >= 0.3 is 33.0 Å². The van der Waals surface area contributed by atoms with E-state index >= 15 is 0 Å². The van der Waals surface area contributed by atoms with Crippen LogP contribution in [0.1, 0.15) is 0 Å². The largest absolute Gasteiger partial charge is 2.00 e. The van der Waals surface area contributed by atoms with Crippen molar-refractivity contribution in [1.29, 1.82) is 0 Å². The predicted molar refractivity (Wildman–Crippen MR) is 23.3 cm³/mol. The van der Waals surface area contributed by atoms with Crippen LogP contribution < -0.4 is 0 Å². The number of hydrogen-bond donors (Lipinski definition) is 0. The molecule has 0 aliphatic heterocycles. The minimum absolute atomic E-state index is 0. The van der Waals surface area contributed by atoms with E-state index in [4.69, 9.17) is 17.5 Å². The molecule has 0 bridgehead atoms. The quantitative estimate of drug-likeness (QED) is 0.250. The fraction of sp³-hybridized carbons (Fsp3) is 0. The van der Waals surface area contributed by atoms with Crippen LogP contribution in [0.25, 0.3) is 0 Å². The van der Waals surface area contributed by atoms with Crippen LogP contribution in [0.2, 0.25) is 0 Å². The van der Waals surface area contributed by atoms with Gasteiger partial charge in [0, 0.05) is 10.4 Å². The van der Waals surface area contributed by atoms with Gasteiger partial charge in [-0.05, 0) is 0 Å². The molecule has 0 radical (unpaired) electrons. The predicted octanol–water partition coefficient (Wildman–Crippen LogP) is -0.442. The van der Waals surface area contributed by atoms with E-state index in [1.54, 1.807) is 0 Å². The van der Waals surface area contributed by atoms with Crippen molar-refractivity contribution in [3.63, 3.8) is 0 Å². The van der Waals surface area contributed by atoms with Crippen LogP contribution in [0, 0.1) is 14.9 Å². The first kappa shape index (κ1) is 32.8. The fourth-order valence-corrected chi connectivity index (χ4v) is 0. The molecule has 0 saturated carbocycles. The molecular weight excluding hydrogens is 237 g/mol. The van der Waals surface area contributed by atoms with E-state index in [-0.39, 0.29) is 47.8 Å². The Labute approximate surface area is 75.8 Å². The van der Waals surface area contributed by atoms with Gasteiger partial charge in [0.05, 0.1) is 0 Å². The zero-order valence-corrected chi connectivity index (χ0v) is 7.47. The van der Waals surface area contributed by atoms with E-state index in [0.29, 0.717) is 0 Å². The summed E-state index contributed by atoms with van der Waals surface area (Å²) in [7, 11) is -5.17. The molecule has 0 atom stereocenters. The van der Waals surface area contributed by atoms with Crippen LogP contribution in [0.15, 0.2) is 0 Å². The zero-order chi connectivity index (χ0) is 4.50. The Morgan fingerprint density at radius 3 is 0.889 bits per heavy atom. The third-order valence-corrected chi connectivity index (χ3v) is 0. The maximum absolute atomic E-state index is 8.52. The Morgan fingerprint density at radius 1 is 0.889 bits per heavy atom. The third kappa shape index (κ3) is 567. The van der Waals surface area contributed by atoms with Gasteiger partial charge in [-0.3, -0.25) is 8.42 Å². The van der Waals surface area contributed by atoms with Gasteiger partial charge in [-0.25, -0.2) is 0 Å². The van der Waals surface area contributed by atoms with Gasteiger partial charge in [0.25, 0.3) is 0 Å². The summed E-state index contributed by atoms with van der Waals surface area (Å²) in [5.74, 6) is 0. The van der Waals surface area contributed by atoms with Crippen molar-refractivity contribution in [2.24, 2.45) is 0 Å². The Hall–Kier alpha value is 0.857. The summed E-state index contributed by atoms with van der Waals surface area (Å²) in [6.07, 6.45) is 0. The summed E-state index contributed by atoms with van der Waals surface area (Å²) in [6, 6.07) is 0. The summed E-state index contributed by atoms with van der Waals surface area (Å²) in [5, 5.41) is 0. The second-order valence-electron chi connectivity index (χ2n) is 0.408. The molecule has 0 fully saturated rings. The van der Waals surface area contributed by atoms with Crippen molar-refractivity contribution < 1.29 is 50.5 Å². The summed E-state index contributed by atoms with van der Waals surface area (Å²) in [5.41, 5.74) is 0. The molecule has 0 aromatic carbocycles. The second-order valence-corrected chi connectivity index (χ2v) is 1.22. The van der Waals surface area contributed by atoms with Gasteiger partial charge in [0.1, 0.15) is 0 Å².